The largest absolute Gasteiger partial charge is 0.352 e. The van der Waals surface area contributed by atoms with Gasteiger partial charge in [-0.05, 0) is 63.0 Å². The Morgan fingerprint density at radius 2 is 1.73 bits per heavy atom. The Kier molecular flexibility index (Phi) is 5.34. The summed E-state index contributed by atoms with van der Waals surface area (Å²) in [4.78, 5) is 20.0. The molecule has 0 bridgehead atoms. The minimum Gasteiger partial charge on any atom is -0.352 e. The standard InChI is InChI=1S/C28H32N4O/c1-27(32(2)3,20-10-12-21(13-11-20)28(29)15-7-16-28)25-22(19-8-5-4-6-9-19)18-23-24(31-25)14-17-30-26(23)33/h4-6,8-13,18H,7,14-17,29H2,1-3H3,(H,30,33). The molecular formula is C28H32N4O. The highest BCUT2D eigenvalue weighted by Crippen LogP contribution is 2.42. The molecule has 2 heterocycles. The van der Waals surface area contributed by atoms with Gasteiger partial charge in [-0.2, -0.15) is 0 Å². The molecule has 1 amide bonds. The number of pyridine rings is 1. The molecule has 33 heavy (non-hydrogen) atoms. The van der Waals surface area contributed by atoms with E-state index in [1.165, 1.54) is 12.0 Å². The Hall–Kier alpha value is -3.02. The van der Waals surface area contributed by atoms with Crippen molar-refractivity contribution < 1.29 is 4.79 Å². The van der Waals surface area contributed by atoms with Crippen LogP contribution in [0.25, 0.3) is 11.1 Å². The van der Waals surface area contributed by atoms with Gasteiger partial charge in [-0.3, -0.25) is 14.7 Å². The molecule has 3 aromatic rings. The fraction of sp³-hybridized carbons (Fsp3) is 0.357. The van der Waals surface area contributed by atoms with Crippen LogP contribution in [0.15, 0.2) is 60.7 Å². The number of amides is 1. The van der Waals surface area contributed by atoms with E-state index in [1.807, 2.05) is 24.3 Å². The van der Waals surface area contributed by atoms with E-state index in [-0.39, 0.29) is 11.4 Å². The molecule has 1 aliphatic carbocycles. The van der Waals surface area contributed by atoms with Crippen molar-refractivity contribution in [1.82, 2.24) is 15.2 Å². The Balaban J connectivity index is 1.70. The molecule has 5 heteroatoms. The molecule has 2 aliphatic rings. The summed E-state index contributed by atoms with van der Waals surface area (Å²) < 4.78 is 0. The van der Waals surface area contributed by atoms with E-state index in [2.05, 4.69) is 67.6 Å². The molecule has 1 unspecified atom stereocenters. The minimum absolute atomic E-state index is 0.0443. The van der Waals surface area contributed by atoms with Crippen molar-refractivity contribution in [3.63, 3.8) is 0 Å². The third-order valence-corrected chi connectivity index (χ3v) is 7.70. The van der Waals surface area contributed by atoms with Gasteiger partial charge in [0.1, 0.15) is 0 Å². The van der Waals surface area contributed by atoms with Crippen LogP contribution in [0.4, 0.5) is 0 Å². The van der Waals surface area contributed by atoms with Gasteiger partial charge in [0.05, 0.1) is 22.5 Å². The molecule has 1 atom stereocenters. The van der Waals surface area contributed by atoms with Crippen LogP contribution < -0.4 is 11.1 Å². The maximum absolute atomic E-state index is 12.6. The number of benzene rings is 2. The highest BCUT2D eigenvalue weighted by molar-refractivity contribution is 5.97. The first-order valence-electron chi connectivity index (χ1n) is 11.8. The Morgan fingerprint density at radius 3 is 2.33 bits per heavy atom. The summed E-state index contributed by atoms with van der Waals surface area (Å²) in [5.74, 6) is -0.0443. The van der Waals surface area contributed by atoms with E-state index in [0.717, 1.165) is 47.3 Å². The van der Waals surface area contributed by atoms with Crippen molar-refractivity contribution in [2.45, 2.75) is 43.7 Å². The van der Waals surface area contributed by atoms with Gasteiger partial charge < -0.3 is 11.1 Å². The zero-order chi connectivity index (χ0) is 23.2. The van der Waals surface area contributed by atoms with Crippen LogP contribution in [-0.2, 0) is 17.5 Å². The molecule has 1 saturated carbocycles. The lowest BCUT2D eigenvalue weighted by Crippen LogP contribution is -2.44. The zero-order valence-corrected chi connectivity index (χ0v) is 19.7. The first kappa shape index (κ1) is 21.8. The average molecular weight is 441 g/mol. The van der Waals surface area contributed by atoms with E-state index >= 15 is 0 Å². The van der Waals surface area contributed by atoms with E-state index in [0.29, 0.717) is 12.1 Å². The Morgan fingerprint density at radius 1 is 1.03 bits per heavy atom. The van der Waals surface area contributed by atoms with Crippen LogP contribution in [0.5, 0.6) is 0 Å². The number of hydrogen-bond donors (Lipinski definition) is 2. The van der Waals surface area contributed by atoms with Crippen molar-refractivity contribution in [2.75, 3.05) is 20.6 Å². The molecule has 1 aliphatic heterocycles. The predicted octanol–water partition coefficient (Wildman–Crippen LogP) is 4.20. The minimum atomic E-state index is -0.492. The molecule has 1 fully saturated rings. The number of nitrogens with two attached hydrogens (primary N) is 1. The van der Waals surface area contributed by atoms with Crippen LogP contribution in [-0.4, -0.2) is 36.4 Å². The van der Waals surface area contributed by atoms with Crippen molar-refractivity contribution in [2.24, 2.45) is 5.73 Å². The summed E-state index contributed by atoms with van der Waals surface area (Å²) in [5.41, 5.74) is 12.8. The maximum atomic E-state index is 12.6. The molecule has 0 spiro atoms. The Labute approximate surface area is 196 Å². The molecule has 3 N–H and O–H groups in total. The van der Waals surface area contributed by atoms with Crippen molar-refractivity contribution >= 4 is 5.91 Å². The normalized spacial score (nSPS) is 18.8. The van der Waals surface area contributed by atoms with Crippen LogP contribution >= 0.6 is 0 Å². The molecule has 0 radical (unpaired) electrons. The van der Waals surface area contributed by atoms with Gasteiger partial charge in [0, 0.05) is 24.1 Å². The van der Waals surface area contributed by atoms with E-state index in [1.54, 1.807) is 0 Å². The lowest BCUT2D eigenvalue weighted by molar-refractivity contribution is 0.0944. The highest BCUT2D eigenvalue weighted by atomic mass is 16.1. The summed E-state index contributed by atoms with van der Waals surface area (Å²) in [6.07, 6.45) is 4.02. The van der Waals surface area contributed by atoms with Crippen molar-refractivity contribution in [3.05, 3.63) is 88.7 Å². The second-order valence-corrected chi connectivity index (χ2v) is 9.80. The van der Waals surface area contributed by atoms with E-state index < -0.39 is 5.54 Å². The number of carbonyl (C=O) groups is 1. The van der Waals surface area contributed by atoms with E-state index in [9.17, 15) is 4.79 Å². The summed E-state index contributed by atoms with van der Waals surface area (Å²) in [6.45, 7) is 2.84. The van der Waals surface area contributed by atoms with Crippen LogP contribution in [0.2, 0.25) is 0 Å². The fourth-order valence-electron chi connectivity index (χ4n) is 5.12. The van der Waals surface area contributed by atoms with Gasteiger partial charge in [0.2, 0.25) is 0 Å². The van der Waals surface area contributed by atoms with Gasteiger partial charge in [0.25, 0.3) is 5.91 Å². The van der Waals surface area contributed by atoms with Gasteiger partial charge in [-0.1, -0.05) is 54.6 Å². The quantitative estimate of drug-likeness (QED) is 0.624. The number of hydrogen-bond acceptors (Lipinski definition) is 4. The summed E-state index contributed by atoms with van der Waals surface area (Å²) in [6, 6.07) is 21.0. The summed E-state index contributed by atoms with van der Waals surface area (Å²) in [7, 11) is 4.18. The first-order chi connectivity index (χ1) is 15.8. The third kappa shape index (κ3) is 3.56. The molecule has 170 valence electrons. The maximum Gasteiger partial charge on any atom is 0.253 e. The number of nitrogens with zero attached hydrogens (tertiary/aromatic N) is 2. The number of carbonyl (C=O) groups excluding carboxylic acids is 1. The molecule has 2 aromatic carbocycles. The highest BCUT2D eigenvalue weighted by Gasteiger charge is 2.38. The molecular weight excluding hydrogens is 408 g/mol. The van der Waals surface area contributed by atoms with Crippen LogP contribution in [0, 0.1) is 0 Å². The number of fused-ring (bicyclic) bond motifs is 1. The first-order valence-corrected chi connectivity index (χ1v) is 11.8. The monoisotopic (exact) mass is 440 g/mol. The molecule has 5 nitrogen and oxygen atoms in total. The Bertz CT molecular complexity index is 1180. The molecule has 1 aromatic heterocycles. The smallest absolute Gasteiger partial charge is 0.253 e. The third-order valence-electron chi connectivity index (χ3n) is 7.70. The second kappa shape index (κ2) is 8.08. The average Bonchev–Trinajstić information content (AvgIpc) is 2.82. The zero-order valence-electron chi connectivity index (χ0n) is 19.7. The predicted molar refractivity (Wildman–Crippen MR) is 132 cm³/mol. The van der Waals surface area contributed by atoms with E-state index in [4.69, 9.17) is 10.7 Å². The van der Waals surface area contributed by atoms with Gasteiger partial charge in [0.15, 0.2) is 0 Å². The summed E-state index contributed by atoms with van der Waals surface area (Å²) in [5, 5.41) is 2.96. The van der Waals surface area contributed by atoms with Crippen LogP contribution in [0.1, 0.15) is 59.1 Å². The van der Waals surface area contributed by atoms with Crippen molar-refractivity contribution in [1.29, 1.82) is 0 Å². The second-order valence-electron chi connectivity index (χ2n) is 9.80. The molecule has 0 saturated heterocycles. The van der Waals surface area contributed by atoms with Gasteiger partial charge >= 0.3 is 0 Å². The lowest BCUT2D eigenvalue weighted by Gasteiger charge is -2.41. The van der Waals surface area contributed by atoms with Gasteiger partial charge in [-0.25, -0.2) is 0 Å². The number of nitrogens with one attached hydrogen (secondary N) is 1. The molecule has 5 rings (SSSR count). The van der Waals surface area contributed by atoms with Crippen LogP contribution in [0.3, 0.4) is 0 Å². The summed E-state index contributed by atoms with van der Waals surface area (Å²) >= 11 is 0. The SMILES string of the molecule is CN(C)C(C)(c1ccc(C2(N)CCC2)cc1)c1nc2c(cc1-c1ccccc1)C(=O)NCC2. The number of aromatic nitrogens is 1. The topological polar surface area (TPSA) is 71.2 Å². The fourth-order valence-corrected chi connectivity index (χ4v) is 5.12. The number of rotatable bonds is 5. The van der Waals surface area contributed by atoms with Crippen molar-refractivity contribution in [3.8, 4) is 11.1 Å². The van der Waals surface area contributed by atoms with Gasteiger partial charge in [-0.15, -0.1) is 0 Å². The lowest BCUT2D eigenvalue weighted by atomic mass is 9.72.